The third-order valence-electron chi connectivity index (χ3n) is 6.59. The van der Waals surface area contributed by atoms with Crippen LogP contribution in [0.5, 0.6) is 5.75 Å². The predicted molar refractivity (Wildman–Crippen MR) is 123 cm³/mol. The van der Waals surface area contributed by atoms with Crippen LogP contribution in [0.4, 0.5) is 20.2 Å². The Kier molecular flexibility index (Phi) is 6.12. The zero-order valence-corrected chi connectivity index (χ0v) is 19.4. The molecule has 3 aliphatic rings. The van der Waals surface area contributed by atoms with E-state index in [1.165, 1.54) is 17.0 Å². The predicted octanol–water partition coefficient (Wildman–Crippen LogP) is 3.77. The van der Waals surface area contributed by atoms with Gasteiger partial charge in [0.15, 0.2) is 0 Å². The lowest BCUT2D eigenvalue weighted by Crippen LogP contribution is -2.27. The van der Waals surface area contributed by atoms with Crippen molar-refractivity contribution in [3.05, 3.63) is 46.8 Å². The second kappa shape index (κ2) is 9.24. The number of nitrogens with one attached hydrogen (secondary N) is 1. The maximum Gasteiger partial charge on any atom is 0.387 e. The molecule has 1 N–H and O–H groups in total. The Balaban J connectivity index is 1.49. The molecule has 1 saturated carbocycles. The Morgan fingerprint density at radius 2 is 1.91 bits per heavy atom. The normalized spacial score (nSPS) is 17.2. The highest BCUT2D eigenvalue weighted by atomic mass is 19.3. The lowest BCUT2D eigenvalue weighted by molar-refractivity contribution is -0.119. The monoisotopic (exact) mass is 484 g/mol. The summed E-state index contributed by atoms with van der Waals surface area (Å²) in [6, 6.07) is 5.95. The van der Waals surface area contributed by atoms with Crippen LogP contribution in [0.1, 0.15) is 57.8 Å². The molecule has 5 rings (SSSR count). The van der Waals surface area contributed by atoms with Gasteiger partial charge in [-0.3, -0.25) is 19.4 Å². The first-order valence-corrected chi connectivity index (χ1v) is 11.8. The molecule has 10 heteroatoms. The molecular formula is C25H26F2N4O4. The van der Waals surface area contributed by atoms with Gasteiger partial charge in [-0.05, 0) is 49.9 Å². The summed E-state index contributed by atoms with van der Waals surface area (Å²) in [6.07, 6.45) is 3.73. The number of carbonyl (C=O) groups is 3. The van der Waals surface area contributed by atoms with E-state index in [1.54, 1.807) is 24.1 Å². The van der Waals surface area contributed by atoms with Gasteiger partial charge in [0.2, 0.25) is 0 Å². The van der Waals surface area contributed by atoms with Crippen LogP contribution in [0.3, 0.4) is 0 Å². The molecule has 1 aliphatic carbocycles. The molecule has 3 heterocycles. The van der Waals surface area contributed by atoms with E-state index in [-0.39, 0.29) is 53.5 Å². The van der Waals surface area contributed by atoms with Crippen LogP contribution in [0, 0.1) is 5.92 Å². The fourth-order valence-electron chi connectivity index (χ4n) is 4.61. The SMILES string of the molecule is CN1Cc2nc(CC(=O)C3CC3)cc(Nc3ccc(C(=O)N4CCCC4)cc3OC(F)F)c2C1=O. The molecule has 2 amide bonds. The number of alkyl halides is 2. The van der Waals surface area contributed by atoms with Crippen molar-refractivity contribution in [3.63, 3.8) is 0 Å². The van der Waals surface area contributed by atoms with E-state index in [0.717, 1.165) is 25.7 Å². The molecule has 1 aromatic carbocycles. The lowest BCUT2D eigenvalue weighted by Gasteiger charge is -2.19. The number of pyridine rings is 1. The van der Waals surface area contributed by atoms with Gasteiger partial charge in [0.1, 0.15) is 11.5 Å². The van der Waals surface area contributed by atoms with Crippen LogP contribution in [0.15, 0.2) is 24.3 Å². The Morgan fingerprint density at radius 1 is 1.17 bits per heavy atom. The largest absolute Gasteiger partial charge is 0.433 e. The first-order chi connectivity index (χ1) is 16.8. The van der Waals surface area contributed by atoms with Gasteiger partial charge in [0.25, 0.3) is 11.8 Å². The fourth-order valence-corrected chi connectivity index (χ4v) is 4.61. The second-order valence-corrected chi connectivity index (χ2v) is 9.28. The minimum atomic E-state index is -3.10. The number of nitrogens with zero attached hydrogens (tertiary/aromatic N) is 3. The van der Waals surface area contributed by atoms with E-state index in [1.807, 2.05) is 0 Å². The molecule has 0 radical (unpaired) electrons. The van der Waals surface area contributed by atoms with Gasteiger partial charge in [0, 0.05) is 38.0 Å². The first kappa shape index (κ1) is 23.2. The molecule has 0 spiro atoms. The summed E-state index contributed by atoms with van der Waals surface area (Å²) in [7, 11) is 1.65. The number of likely N-dealkylation sites (tertiary alicyclic amines) is 1. The molecule has 184 valence electrons. The van der Waals surface area contributed by atoms with Crippen molar-refractivity contribution < 1.29 is 27.9 Å². The van der Waals surface area contributed by atoms with Crippen LogP contribution in [0.2, 0.25) is 0 Å². The number of hydrogen-bond donors (Lipinski definition) is 1. The van der Waals surface area contributed by atoms with Gasteiger partial charge in [-0.1, -0.05) is 0 Å². The van der Waals surface area contributed by atoms with E-state index in [4.69, 9.17) is 4.74 Å². The van der Waals surface area contributed by atoms with Crippen molar-refractivity contribution in [2.24, 2.45) is 5.92 Å². The van der Waals surface area contributed by atoms with Gasteiger partial charge < -0.3 is 19.9 Å². The van der Waals surface area contributed by atoms with Crippen LogP contribution < -0.4 is 10.1 Å². The average molecular weight is 485 g/mol. The molecule has 0 atom stereocenters. The zero-order chi connectivity index (χ0) is 24.7. The number of rotatable bonds is 8. The van der Waals surface area contributed by atoms with E-state index >= 15 is 0 Å². The van der Waals surface area contributed by atoms with Crippen LogP contribution >= 0.6 is 0 Å². The molecule has 1 aromatic heterocycles. The summed E-state index contributed by atoms with van der Waals surface area (Å²) in [5.74, 6) is -0.530. The average Bonchev–Trinajstić information content (AvgIpc) is 3.45. The van der Waals surface area contributed by atoms with Crippen LogP contribution in [0.25, 0.3) is 0 Å². The number of halogens is 2. The summed E-state index contributed by atoms with van der Waals surface area (Å²) < 4.78 is 31.2. The summed E-state index contributed by atoms with van der Waals surface area (Å²) in [5, 5.41) is 3.04. The van der Waals surface area contributed by atoms with E-state index < -0.39 is 6.61 Å². The number of anilines is 2. The molecule has 0 bridgehead atoms. The number of carbonyl (C=O) groups excluding carboxylic acids is 3. The van der Waals surface area contributed by atoms with Gasteiger partial charge in [0.05, 0.1) is 34.9 Å². The zero-order valence-electron chi connectivity index (χ0n) is 19.4. The quantitative estimate of drug-likeness (QED) is 0.613. The number of amides is 2. The third kappa shape index (κ3) is 4.82. The number of hydrogen-bond acceptors (Lipinski definition) is 6. The number of aromatic nitrogens is 1. The maximum atomic E-state index is 13.2. The number of Topliss-reactive ketones (excluding diaryl/α,β-unsaturated/α-hetero) is 1. The number of ether oxygens (including phenoxy) is 1. The van der Waals surface area contributed by atoms with Gasteiger partial charge in [-0.15, -0.1) is 0 Å². The van der Waals surface area contributed by atoms with Crippen molar-refractivity contribution in [2.75, 3.05) is 25.5 Å². The van der Waals surface area contributed by atoms with Gasteiger partial charge in [-0.2, -0.15) is 8.78 Å². The third-order valence-corrected chi connectivity index (χ3v) is 6.59. The minimum absolute atomic E-state index is 0.0671. The van der Waals surface area contributed by atoms with Crippen molar-refractivity contribution in [3.8, 4) is 5.75 Å². The Labute approximate surface area is 201 Å². The summed E-state index contributed by atoms with van der Waals surface area (Å²) in [4.78, 5) is 45.7. The molecule has 2 aliphatic heterocycles. The smallest absolute Gasteiger partial charge is 0.387 e. The highest BCUT2D eigenvalue weighted by Crippen LogP contribution is 2.36. The molecule has 35 heavy (non-hydrogen) atoms. The van der Waals surface area contributed by atoms with E-state index in [0.29, 0.717) is 35.7 Å². The fraction of sp³-hybridized carbons (Fsp3) is 0.440. The van der Waals surface area contributed by atoms with Crippen LogP contribution in [-0.4, -0.2) is 59.1 Å². The summed E-state index contributed by atoms with van der Waals surface area (Å²) in [6.45, 7) is -1.55. The number of benzene rings is 1. The van der Waals surface area contributed by atoms with Gasteiger partial charge in [-0.25, -0.2) is 0 Å². The molecule has 2 fully saturated rings. The molecular weight excluding hydrogens is 458 g/mol. The number of ketones is 1. The lowest BCUT2D eigenvalue weighted by atomic mass is 10.1. The maximum absolute atomic E-state index is 13.2. The van der Waals surface area contributed by atoms with Crippen molar-refractivity contribution in [1.29, 1.82) is 0 Å². The minimum Gasteiger partial charge on any atom is -0.433 e. The summed E-state index contributed by atoms with van der Waals surface area (Å²) in [5.41, 5.74) is 2.16. The van der Waals surface area contributed by atoms with Gasteiger partial charge >= 0.3 is 6.61 Å². The molecule has 2 aromatic rings. The Bertz CT molecular complexity index is 1190. The van der Waals surface area contributed by atoms with Crippen molar-refractivity contribution >= 4 is 29.0 Å². The van der Waals surface area contributed by atoms with Crippen molar-refractivity contribution in [1.82, 2.24) is 14.8 Å². The number of fused-ring (bicyclic) bond motifs is 1. The highest BCUT2D eigenvalue weighted by molar-refractivity contribution is 6.04. The van der Waals surface area contributed by atoms with E-state index in [9.17, 15) is 23.2 Å². The van der Waals surface area contributed by atoms with E-state index in [2.05, 4.69) is 10.3 Å². The summed E-state index contributed by atoms with van der Waals surface area (Å²) >= 11 is 0. The van der Waals surface area contributed by atoms with Crippen LogP contribution in [-0.2, 0) is 17.8 Å². The second-order valence-electron chi connectivity index (χ2n) is 9.28. The Morgan fingerprint density at radius 3 is 2.60 bits per heavy atom. The highest BCUT2D eigenvalue weighted by Gasteiger charge is 2.33. The van der Waals surface area contributed by atoms with Crippen molar-refractivity contribution in [2.45, 2.75) is 45.3 Å². The standard InChI is InChI=1S/C25H26F2N4O4/c1-30-13-19-22(24(30)34)18(11-16(28-19)12-20(32)14-4-5-14)29-17-7-6-15(10-21(17)35-25(26)27)23(33)31-8-2-3-9-31/h6-7,10-11,14,25H,2-5,8-9,12-13H2,1H3,(H,28,29). The first-order valence-electron chi connectivity index (χ1n) is 11.8. The molecule has 8 nitrogen and oxygen atoms in total. The molecule has 1 saturated heterocycles. The topological polar surface area (TPSA) is 91.8 Å². The Hall–Kier alpha value is -3.56. The molecule has 0 unspecified atom stereocenters.